The Hall–Kier alpha value is -1.72. The van der Waals surface area contributed by atoms with E-state index in [2.05, 4.69) is 4.98 Å². The summed E-state index contributed by atoms with van der Waals surface area (Å²) in [7, 11) is 0. The summed E-state index contributed by atoms with van der Waals surface area (Å²) in [6.45, 7) is 0.768. The van der Waals surface area contributed by atoms with E-state index in [1.165, 1.54) is 4.90 Å². The lowest BCUT2D eigenvalue weighted by Crippen LogP contribution is -2.33. The molecule has 2 aromatic rings. The lowest BCUT2D eigenvalue weighted by Gasteiger charge is -2.21. The zero-order chi connectivity index (χ0) is 14.4. The van der Waals surface area contributed by atoms with E-state index in [4.69, 9.17) is 5.11 Å². The molecule has 0 spiro atoms. The molecule has 5 heteroatoms. The molecule has 2 rings (SSSR count). The van der Waals surface area contributed by atoms with Gasteiger partial charge in [-0.1, -0.05) is 12.1 Å². The van der Waals surface area contributed by atoms with Crippen LogP contribution in [0.2, 0.25) is 0 Å². The normalized spacial score (nSPS) is 10.5. The number of aromatic amines is 1. The maximum atomic E-state index is 12.3. The molecule has 4 nitrogen and oxygen atoms in total. The van der Waals surface area contributed by atoms with Gasteiger partial charge in [0.2, 0.25) is 0 Å². The number of H-pyrrole nitrogens is 1. The van der Waals surface area contributed by atoms with E-state index in [1.807, 2.05) is 30.5 Å². The van der Waals surface area contributed by atoms with Gasteiger partial charge in [0.15, 0.2) is 0 Å². The molecule has 0 bridgehead atoms. The van der Waals surface area contributed by atoms with Crippen molar-refractivity contribution in [3.05, 3.63) is 53.9 Å². The van der Waals surface area contributed by atoms with Crippen LogP contribution in [-0.2, 0) is 6.54 Å². The number of aromatic nitrogens is 1. The Morgan fingerprint density at radius 1 is 1.30 bits per heavy atom. The van der Waals surface area contributed by atoms with E-state index >= 15 is 0 Å². The largest absolute Gasteiger partial charge is 0.395 e. The first-order valence-electron chi connectivity index (χ1n) is 6.41. The van der Waals surface area contributed by atoms with Gasteiger partial charge in [0.05, 0.1) is 6.61 Å². The lowest BCUT2D eigenvalue weighted by atomic mass is 10.2. The van der Waals surface area contributed by atoms with Crippen molar-refractivity contribution in [3.63, 3.8) is 0 Å². The second kappa shape index (κ2) is 7.17. The van der Waals surface area contributed by atoms with Crippen LogP contribution in [0.1, 0.15) is 16.1 Å². The Morgan fingerprint density at radius 2 is 2.05 bits per heavy atom. The van der Waals surface area contributed by atoms with Crippen molar-refractivity contribution in [1.82, 2.24) is 9.88 Å². The van der Waals surface area contributed by atoms with E-state index in [0.29, 0.717) is 18.8 Å². The molecule has 0 fully saturated rings. The number of aliphatic hydroxyl groups is 1. The first kappa shape index (κ1) is 14.7. The molecule has 106 valence electrons. The highest BCUT2D eigenvalue weighted by Gasteiger charge is 2.16. The maximum absolute atomic E-state index is 12.3. The first-order chi connectivity index (χ1) is 9.74. The third-order valence-electron chi connectivity index (χ3n) is 3.02. The quantitative estimate of drug-likeness (QED) is 0.803. The van der Waals surface area contributed by atoms with Crippen molar-refractivity contribution in [2.45, 2.75) is 11.4 Å². The van der Waals surface area contributed by atoms with Crippen LogP contribution < -0.4 is 0 Å². The van der Waals surface area contributed by atoms with Crippen molar-refractivity contribution in [2.24, 2.45) is 0 Å². The molecule has 0 unspecified atom stereocenters. The van der Waals surface area contributed by atoms with Crippen molar-refractivity contribution >= 4 is 17.7 Å². The predicted octanol–water partition coefficient (Wildman–Crippen LogP) is 2.37. The Labute approximate surface area is 122 Å². The van der Waals surface area contributed by atoms with Crippen molar-refractivity contribution < 1.29 is 9.90 Å². The molecule has 0 atom stereocenters. The van der Waals surface area contributed by atoms with Crippen LogP contribution in [-0.4, -0.2) is 40.3 Å². The summed E-state index contributed by atoms with van der Waals surface area (Å²) >= 11 is 1.69. The summed E-state index contributed by atoms with van der Waals surface area (Å²) in [6, 6.07) is 11.6. The number of carbonyl (C=O) groups is 1. The van der Waals surface area contributed by atoms with E-state index in [1.54, 1.807) is 35.0 Å². The van der Waals surface area contributed by atoms with Crippen LogP contribution >= 0.6 is 11.8 Å². The van der Waals surface area contributed by atoms with Gasteiger partial charge in [0.1, 0.15) is 5.69 Å². The van der Waals surface area contributed by atoms with E-state index < -0.39 is 0 Å². The van der Waals surface area contributed by atoms with Crippen molar-refractivity contribution in [3.8, 4) is 0 Å². The molecule has 1 amide bonds. The highest BCUT2D eigenvalue weighted by Crippen LogP contribution is 2.16. The van der Waals surface area contributed by atoms with E-state index in [9.17, 15) is 4.79 Å². The Balaban J connectivity index is 2.10. The SMILES string of the molecule is CSc1ccc(CN(CCO)C(=O)c2ccc[nH]2)cc1. The second-order valence-electron chi connectivity index (χ2n) is 4.38. The number of thioether (sulfide) groups is 1. The number of nitrogens with one attached hydrogen (secondary N) is 1. The summed E-state index contributed by atoms with van der Waals surface area (Å²) in [5.74, 6) is -0.0991. The maximum Gasteiger partial charge on any atom is 0.270 e. The summed E-state index contributed by atoms with van der Waals surface area (Å²) in [5, 5.41) is 9.14. The minimum atomic E-state index is -0.0991. The average molecular weight is 290 g/mol. The van der Waals surface area contributed by atoms with Crippen LogP contribution in [0, 0.1) is 0 Å². The molecule has 1 aromatic heterocycles. The average Bonchev–Trinajstić information content (AvgIpc) is 3.01. The smallest absolute Gasteiger partial charge is 0.270 e. The summed E-state index contributed by atoms with van der Waals surface area (Å²) < 4.78 is 0. The predicted molar refractivity (Wildman–Crippen MR) is 80.8 cm³/mol. The van der Waals surface area contributed by atoms with Gasteiger partial charge < -0.3 is 15.0 Å². The van der Waals surface area contributed by atoms with Crippen molar-refractivity contribution in [2.75, 3.05) is 19.4 Å². The molecule has 0 saturated heterocycles. The van der Waals surface area contributed by atoms with Crippen LogP contribution in [0.4, 0.5) is 0 Å². The number of hydrogen-bond donors (Lipinski definition) is 2. The number of aliphatic hydroxyl groups excluding tert-OH is 1. The minimum Gasteiger partial charge on any atom is -0.395 e. The molecule has 0 radical (unpaired) electrons. The van der Waals surface area contributed by atoms with Gasteiger partial charge in [-0.25, -0.2) is 0 Å². The zero-order valence-electron chi connectivity index (χ0n) is 11.4. The van der Waals surface area contributed by atoms with Crippen LogP contribution in [0.3, 0.4) is 0 Å². The van der Waals surface area contributed by atoms with E-state index in [0.717, 1.165) is 5.56 Å². The number of carbonyl (C=O) groups excluding carboxylic acids is 1. The number of hydrogen-bond acceptors (Lipinski definition) is 3. The van der Waals surface area contributed by atoms with Crippen LogP contribution in [0.25, 0.3) is 0 Å². The standard InChI is InChI=1S/C15H18N2O2S/c1-20-13-6-4-12(5-7-13)11-17(9-10-18)15(19)14-3-2-8-16-14/h2-8,16,18H,9-11H2,1H3. The zero-order valence-corrected chi connectivity index (χ0v) is 12.2. The van der Waals surface area contributed by atoms with E-state index in [-0.39, 0.29) is 12.5 Å². The molecule has 2 N–H and O–H groups in total. The number of amides is 1. The molecular weight excluding hydrogens is 272 g/mol. The number of nitrogens with zero attached hydrogens (tertiary/aromatic N) is 1. The molecule has 1 aromatic carbocycles. The molecule has 0 aliphatic heterocycles. The Morgan fingerprint density at radius 3 is 2.60 bits per heavy atom. The third-order valence-corrected chi connectivity index (χ3v) is 3.76. The number of rotatable bonds is 6. The van der Waals surface area contributed by atoms with Crippen LogP contribution in [0.15, 0.2) is 47.5 Å². The third kappa shape index (κ3) is 3.65. The van der Waals surface area contributed by atoms with Crippen molar-refractivity contribution in [1.29, 1.82) is 0 Å². The minimum absolute atomic E-state index is 0.0463. The highest BCUT2D eigenvalue weighted by atomic mass is 32.2. The lowest BCUT2D eigenvalue weighted by molar-refractivity contribution is 0.0702. The molecule has 0 aliphatic carbocycles. The molecule has 20 heavy (non-hydrogen) atoms. The van der Waals surface area contributed by atoms with Crippen LogP contribution in [0.5, 0.6) is 0 Å². The number of benzene rings is 1. The summed E-state index contributed by atoms with van der Waals surface area (Å²) in [6.07, 6.45) is 3.75. The fourth-order valence-electron chi connectivity index (χ4n) is 1.96. The molecule has 0 aliphatic rings. The fraction of sp³-hybridized carbons (Fsp3) is 0.267. The van der Waals surface area contributed by atoms with Gasteiger partial charge in [-0.15, -0.1) is 11.8 Å². The van der Waals surface area contributed by atoms with Gasteiger partial charge >= 0.3 is 0 Å². The molecular formula is C15H18N2O2S. The summed E-state index contributed by atoms with van der Waals surface area (Å²) in [5.41, 5.74) is 1.59. The second-order valence-corrected chi connectivity index (χ2v) is 5.26. The highest BCUT2D eigenvalue weighted by molar-refractivity contribution is 7.98. The summed E-state index contributed by atoms with van der Waals surface area (Å²) in [4.78, 5) is 18.0. The van der Waals surface area contributed by atoms with Gasteiger partial charge in [0, 0.05) is 24.2 Å². The molecule has 1 heterocycles. The molecule has 0 saturated carbocycles. The Bertz CT molecular complexity index is 538. The van der Waals surface area contributed by atoms with Gasteiger partial charge in [-0.05, 0) is 36.1 Å². The van der Waals surface area contributed by atoms with Gasteiger partial charge in [0.25, 0.3) is 5.91 Å². The monoisotopic (exact) mass is 290 g/mol. The topological polar surface area (TPSA) is 56.3 Å². The van der Waals surface area contributed by atoms with Gasteiger partial charge in [-0.3, -0.25) is 4.79 Å². The Kier molecular flexibility index (Phi) is 5.26. The van der Waals surface area contributed by atoms with Gasteiger partial charge in [-0.2, -0.15) is 0 Å². The fourth-order valence-corrected chi connectivity index (χ4v) is 2.37. The first-order valence-corrected chi connectivity index (χ1v) is 7.63.